The summed E-state index contributed by atoms with van der Waals surface area (Å²) in [4.78, 5) is 24.3. The molecule has 0 saturated carbocycles. The topological polar surface area (TPSA) is 80.8 Å². The second-order valence-electron chi connectivity index (χ2n) is 6.82. The van der Waals surface area contributed by atoms with Crippen LogP contribution in [0.5, 0.6) is 0 Å². The maximum absolute atomic E-state index is 12.4. The predicted molar refractivity (Wildman–Crippen MR) is 118 cm³/mol. The van der Waals surface area contributed by atoms with Crippen LogP contribution in [-0.2, 0) is 26.0 Å². The molecule has 0 radical (unpaired) electrons. The van der Waals surface area contributed by atoms with Crippen molar-refractivity contribution in [2.45, 2.75) is 12.8 Å². The third kappa shape index (κ3) is 5.41. The second-order valence-corrected chi connectivity index (χ2v) is 9.54. The molecular formula is C21H19Cl2NO5S. The third-order valence-corrected chi connectivity index (χ3v) is 6.50. The van der Waals surface area contributed by atoms with E-state index < -0.39 is 22.6 Å². The van der Waals surface area contributed by atoms with Gasteiger partial charge in [-0.1, -0.05) is 29.3 Å². The number of aryl methyl sites for hydroxylation is 1. The fraction of sp³-hybridized carbons (Fsp3) is 0.238. The molecule has 1 aliphatic heterocycles. The molecule has 1 heterocycles. The maximum atomic E-state index is 12.4. The Hall–Kier alpha value is -2.35. The second kappa shape index (κ2) is 9.20. The zero-order chi connectivity index (χ0) is 21.9. The van der Waals surface area contributed by atoms with Crippen molar-refractivity contribution in [3.8, 4) is 0 Å². The Labute approximate surface area is 185 Å². The molecule has 0 fully saturated rings. The Kier molecular flexibility index (Phi) is 6.85. The van der Waals surface area contributed by atoms with Gasteiger partial charge in [0.05, 0.1) is 22.0 Å². The minimum Gasteiger partial charge on any atom is -0.454 e. The van der Waals surface area contributed by atoms with Crippen LogP contribution in [0.25, 0.3) is 6.08 Å². The van der Waals surface area contributed by atoms with E-state index in [-0.39, 0.29) is 5.78 Å². The summed E-state index contributed by atoms with van der Waals surface area (Å²) < 4.78 is 30.2. The van der Waals surface area contributed by atoms with E-state index in [4.69, 9.17) is 27.9 Å². The average molecular weight is 468 g/mol. The van der Waals surface area contributed by atoms with Crippen LogP contribution >= 0.6 is 23.2 Å². The van der Waals surface area contributed by atoms with E-state index in [0.717, 1.165) is 11.8 Å². The quantitative estimate of drug-likeness (QED) is 0.362. The van der Waals surface area contributed by atoms with Gasteiger partial charge in [-0.05, 0) is 60.4 Å². The highest BCUT2D eigenvalue weighted by Crippen LogP contribution is 2.30. The molecule has 6 nitrogen and oxygen atoms in total. The first-order valence-corrected chi connectivity index (χ1v) is 11.7. The van der Waals surface area contributed by atoms with E-state index in [1.807, 2.05) is 0 Å². The van der Waals surface area contributed by atoms with E-state index in [2.05, 4.69) is 0 Å². The van der Waals surface area contributed by atoms with E-state index in [0.29, 0.717) is 46.2 Å². The van der Waals surface area contributed by atoms with Crippen LogP contribution in [0.1, 0.15) is 27.9 Å². The van der Waals surface area contributed by atoms with Crippen molar-refractivity contribution in [3.63, 3.8) is 0 Å². The van der Waals surface area contributed by atoms with E-state index >= 15 is 0 Å². The predicted octanol–water partition coefficient (Wildman–Crippen LogP) is 4.14. The molecule has 0 aliphatic carbocycles. The van der Waals surface area contributed by atoms with Crippen LogP contribution in [0, 0.1) is 0 Å². The molecule has 0 atom stereocenters. The maximum Gasteiger partial charge on any atom is 0.331 e. The molecule has 0 bridgehead atoms. The average Bonchev–Trinajstić information content (AvgIpc) is 2.71. The monoisotopic (exact) mass is 467 g/mol. The lowest BCUT2D eigenvalue weighted by atomic mass is 9.99. The van der Waals surface area contributed by atoms with Gasteiger partial charge in [-0.2, -0.15) is 0 Å². The summed E-state index contributed by atoms with van der Waals surface area (Å²) >= 11 is 11.8. The van der Waals surface area contributed by atoms with Crippen LogP contribution in [0.2, 0.25) is 10.0 Å². The summed E-state index contributed by atoms with van der Waals surface area (Å²) in [6.07, 6.45) is 5.21. The van der Waals surface area contributed by atoms with Gasteiger partial charge in [-0.25, -0.2) is 13.2 Å². The summed E-state index contributed by atoms with van der Waals surface area (Å²) in [6, 6.07) is 9.73. The zero-order valence-corrected chi connectivity index (χ0v) is 18.4. The molecule has 2 aromatic rings. The number of fused-ring (bicyclic) bond motifs is 1. The number of sulfonamides is 1. The van der Waals surface area contributed by atoms with Gasteiger partial charge >= 0.3 is 5.97 Å². The highest BCUT2D eigenvalue weighted by Gasteiger charge is 2.24. The number of nitrogens with zero attached hydrogens (tertiary/aromatic N) is 1. The van der Waals surface area contributed by atoms with Gasteiger partial charge in [0.15, 0.2) is 12.4 Å². The SMILES string of the molecule is CS(=O)(=O)N1CCCc2cc(C(=O)COC(=O)/C=C/c3ccc(Cl)c(Cl)c3)ccc21. The van der Waals surface area contributed by atoms with Crippen molar-refractivity contribution in [2.24, 2.45) is 0 Å². The van der Waals surface area contributed by atoms with Crippen molar-refractivity contribution in [2.75, 3.05) is 23.7 Å². The number of hydrogen-bond donors (Lipinski definition) is 0. The lowest BCUT2D eigenvalue weighted by Crippen LogP contribution is -2.34. The van der Waals surface area contributed by atoms with Crippen molar-refractivity contribution in [1.82, 2.24) is 0 Å². The first-order chi connectivity index (χ1) is 14.1. The van der Waals surface area contributed by atoms with Gasteiger partial charge in [0.2, 0.25) is 10.0 Å². The number of anilines is 1. The number of ketones is 1. The van der Waals surface area contributed by atoms with E-state index in [1.54, 1.807) is 36.4 Å². The molecule has 0 aromatic heterocycles. The highest BCUT2D eigenvalue weighted by atomic mass is 35.5. The van der Waals surface area contributed by atoms with Gasteiger partial charge in [-0.15, -0.1) is 0 Å². The first-order valence-electron chi connectivity index (χ1n) is 9.09. The van der Waals surface area contributed by atoms with Crippen molar-refractivity contribution in [1.29, 1.82) is 0 Å². The largest absolute Gasteiger partial charge is 0.454 e. The van der Waals surface area contributed by atoms with Gasteiger partial charge in [0.1, 0.15) is 0 Å². The van der Waals surface area contributed by atoms with Crippen molar-refractivity contribution < 1.29 is 22.7 Å². The molecule has 3 rings (SSSR count). The summed E-state index contributed by atoms with van der Waals surface area (Å²) in [7, 11) is -3.37. The standard InChI is InChI=1S/C21H19Cl2NO5S/c1-30(27,28)24-10-2-3-15-12-16(6-8-19(15)24)20(25)13-29-21(26)9-5-14-4-7-17(22)18(23)11-14/h4-9,11-12H,2-3,10,13H2,1H3/b9-5+. The smallest absolute Gasteiger partial charge is 0.331 e. The van der Waals surface area contributed by atoms with Gasteiger partial charge in [0.25, 0.3) is 0 Å². The van der Waals surface area contributed by atoms with Gasteiger partial charge in [-0.3, -0.25) is 9.10 Å². The third-order valence-electron chi connectivity index (χ3n) is 4.58. The molecule has 9 heteroatoms. The van der Waals surface area contributed by atoms with Crippen LogP contribution in [0.4, 0.5) is 5.69 Å². The minimum atomic E-state index is -3.37. The summed E-state index contributed by atoms with van der Waals surface area (Å²) in [5.74, 6) is -1.04. The van der Waals surface area contributed by atoms with Crippen LogP contribution in [0.15, 0.2) is 42.5 Å². The molecule has 2 aromatic carbocycles. The molecule has 0 saturated heterocycles. The number of Topliss-reactive ketones (excluding diaryl/α,β-unsaturated/α-hetero) is 1. The Morgan fingerprint density at radius 2 is 1.90 bits per heavy atom. The number of rotatable bonds is 6. The van der Waals surface area contributed by atoms with Gasteiger partial charge in [0, 0.05) is 18.2 Å². The molecule has 1 aliphatic rings. The zero-order valence-electron chi connectivity index (χ0n) is 16.1. The fourth-order valence-corrected chi connectivity index (χ4v) is 4.43. The first kappa shape index (κ1) is 22.3. The Balaban J connectivity index is 1.63. The number of ether oxygens (including phenoxy) is 1. The molecule has 158 valence electrons. The molecule has 0 N–H and O–H groups in total. The minimum absolute atomic E-state index is 0.365. The Bertz CT molecular complexity index is 1130. The Morgan fingerprint density at radius 3 is 2.60 bits per heavy atom. The van der Waals surface area contributed by atoms with Crippen LogP contribution < -0.4 is 4.31 Å². The highest BCUT2D eigenvalue weighted by molar-refractivity contribution is 7.92. The number of carbonyl (C=O) groups excluding carboxylic acids is 2. The van der Waals surface area contributed by atoms with Crippen molar-refractivity contribution >= 4 is 56.7 Å². The lowest BCUT2D eigenvalue weighted by Gasteiger charge is -2.29. The van der Waals surface area contributed by atoms with E-state index in [9.17, 15) is 18.0 Å². The van der Waals surface area contributed by atoms with Gasteiger partial charge < -0.3 is 4.74 Å². The van der Waals surface area contributed by atoms with E-state index in [1.165, 1.54) is 16.5 Å². The van der Waals surface area contributed by atoms with Crippen LogP contribution in [-0.4, -0.2) is 39.6 Å². The normalized spacial score (nSPS) is 13.9. The fourth-order valence-electron chi connectivity index (χ4n) is 3.13. The molecule has 0 amide bonds. The summed E-state index contributed by atoms with van der Waals surface area (Å²) in [5, 5.41) is 0.774. The number of benzene rings is 2. The summed E-state index contributed by atoms with van der Waals surface area (Å²) in [5.41, 5.74) is 2.40. The molecule has 30 heavy (non-hydrogen) atoms. The summed E-state index contributed by atoms with van der Waals surface area (Å²) in [6.45, 7) is 0.00102. The number of esters is 1. The van der Waals surface area contributed by atoms with Crippen LogP contribution in [0.3, 0.4) is 0 Å². The molecule has 0 spiro atoms. The lowest BCUT2D eigenvalue weighted by molar-refractivity contribution is -0.136. The number of hydrogen-bond acceptors (Lipinski definition) is 5. The molecular weight excluding hydrogens is 449 g/mol. The Morgan fingerprint density at radius 1 is 1.13 bits per heavy atom. The molecule has 0 unspecified atom stereocenters. The number of carbonyl (C=O) groups is 2. The number of halogens is 2. The van der Waals surface area contributed by atoms with Crippen molar-refractivity contribution in [3.05, 3.63) is 69.2 Å².